The lowest BCUT2D eigenvalue weighted by Gasteiger charge is -1.95. The van der Waals surface area contributed by atoms with E-state index in [1.807, 2.05) is 13.0 Å². The standard InChI is InChI=1S/C7H6INO/c1-5-7(8)3-2-6(4-10)9-5/h2-4H,1H3. The van der Waals surface area contributed by atoms with Gasteiger partial charge in [0.15, 0.2) is 6.29 Å². The van der Waals surface area contributed by atoms with E-state index < -0.39 is 0 Å². The molecule has 3 heteroatoms. The minimum atomic E-state index is 0.498. The highest BCUT2D eigenvalue weighted by Gasteiger charge is 1.95. The number of aryl methyl sites for hydroxylation is 1. The molecule has 0 amide bonds. The van der Waals surface area contributed by atoms with Crippen molar-refractivity contribution in [1.82, 2.24) is 4.98 Å². The van der Waals surface area contributed by atoms with Crippen LogP contribution < -0.4 is 0 Å². The summed E-state index contributed by atoms with van der Waals surface area (Å²) in [5.41, 5.74) is 1.41. The maximum Gasteiger partial charge on any atom is 0.168 e. The van der Waals surface area contributed by atoms with E-state index in [-0.39, 0.29) is 0 Å². The molecule has 0 saturated heterocycles. The van der Waals surface area contributed by atoms with Crippen molar-refractivity contribution in [3.63, 3.8) is 0 Å². The number of pyridine rings is 1. The summed E-state index contributed by atoms with van der Waals surface area (Å²) in [7, 11) is 0. The number of rotatable bonds is 1. The molecule has 0 spiro atoms. The zero-order chi connectivity index (χ0) is 7.56. The van der Waals surface area contributed by atoms with E-state index in [0.717, 1.165) is 15.6 Å². The van der Waals surface area contributed by atoms with Crippen LogP contribution in [0.4, 0.5) is 0 Å². The summed E-state index contributed by atoms with van der Waals surface area (Å²) in [5, 5.41) is 0. The predicted molar refractivity (Wildman–Crippen MR) is 47.1 cm³/mol. The Hall–Kier alpha value is -0.450. The lowest BCUT2D eigenvalue weighted by molar-refractivity contribution is 0.111. The smallest absolute Gasteiger partial charge is 0.168 e. The van der Waals surface area contributed by atoms with E-state index in [4.69, 9.17) is 0 Å². The molecule has 1 aromatic heterocycles. The van der Waals surface area contributed by atoms with Crippen molar-refractivity contribution in [2.45, 2.75) is 6.92 Å². The number of carbonyl (C=O) groups is 1. The molecule has 52 valence electrons. The fraction of sp³-hybridized carbons (Fsp3) is 0.143. The first-order chi connectivity index (χ1) is 4.74. The molecule has 0 bridgehead atoms. The summed E-state index contributed by atoms with van der Waals surface area (Å²) in [5.74, 6) is 0. The van der Waals surface area contributed by atoms with Crippen molar-refractivity contribution in [1.29, 1.82) is 0 Å². The van der Waals surface area contributed by atoms with Crippen molar-refractivity contribution in [2.75, 3.05) is 0 Å². The van der Waals surface area contributed by atoms with Gasteiger partial charge in [0.25, 0.3) is 0 Å². The summed E-state index contributed by atoms with van der Waals surface area (Å²) in [4.78, 5) is 14.2. The van der Waals surface area contributed by atoms with Gasteiger partial charge in [0, 0.05) is 3.57 Å². The van der Waals surface area contributed by atoms with Crippen LogP contribution in [0.5, 0.6) is 0 Å². The predicted octanol–water partition coefficient (Wildman–Crippen LogP) is 1.81. The second-order valence-corrected chi connectivity index (χ2v) is 3.08. The van der Waals surface area contributed by atoms with Crippen molar-refractivity contribution >= 4 is 28.9 Å². The van der Waals surface area contributed by atoms with E-state index in [1.54, 1.807) is 6.07 Å². The number of carbonyl (C=O) groups excluding carboxylic acids is 1. The van der Waals surface area contributed by atoms with Crippen molar-refractivity contribution in [3.8, 4) is 0 Å². The maximum absolute atomic E-state index is 10.2. The summed E-state index contributed by atoms with van der Waals surface area (Å²) in [6.45, 7) is 1.88. The van der Waals surface area contributed by atoms with Gasteiger partial charge in [-0.1, -0.05) is 0 Å². The number of hydrogen-bond acceptors (Lipinski definition) is 2. The van der Waals surface area contributed by atoms with Crippen LogP contribution in [0.1, 0.15) is 16.2 Å². The Morgan fingerprint density at radius 3 is 2.80 bits per heavy atom. The van der Waals surface area contributed by atoms with Crippen LogP contribution in [0.3, 0.4) is 0 Å². The molecule has 0 aliphatic heterocycles. The van der Waals surface area contributed by atoms with Crippen LogP contribution >= 0.6 is 22.6 Å². The molecule has 10 heavy (non-hydrogen) atoms. The topological polar surface area (TPSA) is 30.0 Å². The zero-order valence-corrected chi connectivity index (χ0v) is 7.62. The Kier molecular flexibility index (Phi) is 2.37. The third-order valence-electron chi connectivity index (χ3n) is 1.16. The molecule has 0 radical (unpaired) electrons. The molecule has 0 saturated carbocycles. The first-order valence-corrected chi connectivity index (χ1v) is 3.90. The summed E-state index contributed by atoms with van der Waals surface area (Å²) < 4.78 is 1.09. The third-order valence-corrected chi connectivity index (χ3v) is 2.30. The number of hydrogen-bond donors (Lipinski definition) is 0. The molecule has 0 atom stereocenters. The molecule has 1 aromatic rings. The largest absolute Gasteiger partial charge is 0.296 e. The summed E-state index contributed by atoms with van der Waals surface area (Å²) >= 11 is 2.18. The molecule has 1 heterocycles. The molecule has 0 aromatic carbocycles. The zero-order valence-electron chi connectivity index (χ0n) is 5.47. The van der Waals surface area contributed by atoms with Gasteiger partial charge in [0.1, 0.15) is 5.69 Å². The molecule has 0 fully saturated rings. The van der Waals surface area contributed by atoms with E-state index in [9.17, 15) is 4.79 Å². The molecule has 0 aliphatic rings. The van der Waals surface area contributed by atoms with Gasteiger partial charge in [-0.05, 0) is 41.6 Å². The molecule has 2 nitrogen and oxygen atoms in total. The molecular weight excluding hydrogens is 241 g/mol. The van der Waals surface area contributed by atoms with Gasteiger partial charge in [-0.3, -0.25) is 4.79 Å². The second kappa shape index (κ2) is 3.09. The third kappa shape index (κ3) is 1.53. The number of halogens is 1. The van der Waals surface area contributed by atoms with Gasteiger partial charge in [-0.25, -0.2) is 4.98 Å². The number of nitrogens with zero attached hydrogens (tertiary/aromatic N) is 1. The van der Waals surface area contributed by atoms with Crippen LogP contribution in [0.2, 0.25) is 0 Å². The molecule has 1 rings (SSSR count). The van der Waals surface area contributed by atoms with Crippen LogP contribution in [-0.2, 0) is 0 Å². The van der Waals surface area contributed by atoms with Gasteiger partial charge in [0.05, 0.1) is 5.69 Å². The van der Waals surface area contributed by atoms with E-state index in [1.165, 1.54) is 0 Å². The Balaban J connectivity index is 3.16. The fourth-order valence-electron chi connectivity index (χ4n) is 0.629. The minimum Gasteiger partial charge on any atom is -0.296 e. The molecular formula is C7H6INO. The van der Waals surface area contributed by atoms with Gasteiger partial charge in [-0.15, -0.1) is 0 Å². The van der Waals surface area contributed by atoms with Gasteiger partial charge in [-0.2, -0.15) is 0 Å². The Morgan fingerprint density at radius 1 is 1.60 bits per heavy atom. The highest BCUT2D eigenvalue weighted by atomic mass is 127. The molecule has 0 unspecified atom stereocenters. The Labute approximate surface area is 72.8 Å². The quantitative estimate of drug-likeness (QED) is 0.559. The van der Waals surface area contributed by atoms with E-state index in [0.29, 0.717) is 5.69 Å². The average molecular weight is 247 g/mol. The van der Waals surface area contributed by atoms with E-state index >= 15 is 0 Å². The van der Waals surface area contributed by atoms with Crippen LogP contribution in [-0.4, -0.2) is 11.3 Å². The highest BCUT2D eigenvalue weighted by Crippen LogP contribution is 2.07. The first kappa shape index (κ1) is 7.65. The first-order valence-electron chi connectivity index (χ1n) is 2.82. The summed E-state index contributed by atoms with van der Waals surface area (Å²) in [6.07, 6.45) is 0.753. The number of aldehydes is 1. The van der Waals surface area contributed by atoms with Crippen LogP contribution in [0.25, 0.3) is 0 Å². The van der Waals surface area contributed by atoms with Gasteiger partial charge < -0.3 is 0 Å². The van der Waals surface area contributed by atoms with Crippen molar-refractivity contribution in [3.05, 3.63) is 27.1 Å². The molecule has 0 N–H and O–H groups in total. The fourth-order valence-corrected chi connectivity index (χ4v) is 0.930. The minimum absolute atomic E-state index is 0.498. The monoisotopic (exact) mass is 247 g/mol. The Bertz CT molecular complexity index is 260. The van der Waals surface area contributed by atoms with Crippen LogP contribution in [0, 0.1) is 10.5 Å². The normalized spacial score (nSPS) is 9.40. The SMILES string of the molecule is Cc1nc(C=O)ccc1I. The highest BCUT2D eigenvalue weighted by molar-refractivity contribution is 14.1. The van der Waals surface area contributed by atoms with Gasteiger partial charge >= 0.3 is 0 Å². The second-order valence-electron chi connectivity index (χ2n) is 1.92. The van der Waals surface area contributed by atoms with E-state index in [2.05, 4.69) is 27.6 Å². The Morgan fingerprint density at radius 2 is 2.30 bits per heavy atom. The summed E-state index contributed by atoms with van der Waals surface area (Å²) in [6, 6.07) is 3.59. The van der Waals surface area contributed by atoms with Gasteiger partial charge in [0.2, 0.25) is 0 Å². The average Bonchev–Trinajstić information content (AvgIpc) is 1.95. The maximum atomic E-state index is 10.2. The lowest BCUT2D eigenvalue weighted by Crippen LogP contribution is -1.91. The molecule has 0 aliphatic carbocycles. The number of aromatic nitrogens is 1. The van der Waals surface area contributed by atoms with Crippen molar-refractivity contribution in [2.24, 2.45) is 0 Å². The van der Waals surface area contributed by atoms with Crippen LogP contribution in [0.15, 0.2) is 12.1 Å². The lowest BCUT2D eigenvalue weighted by atomic mass is 10.3. The van der Waals surface area contributed by atoms with Crippen molar-refractivity contribution < 1.29 is 4.79 Å².